The summed E-state index contributed by atoms with van der Waals surface area (Å²) in [6.07, 6.45) is 1.87. The third kappa shape index (κ3) is 30.3. The molecule has 0 bridgehead atoms. The monoisotopic (exact) mass is 378 g/mol. The van der Waals surface area contributed by atoms with Crippen LogP contribution < -0.4 is 0 Å². The number of unbranched alkanes of at least 4 members (excludes halogenated alkanes) is 1. The van der Waals surface area contributed by atoms with Gasteiger partial charge in [-0.3, -0.25) is 0 Å². The van der Waals surface area contributed by atoms with Crippen molar-refractivity contribution in [2.45, 2.75) is 19.8 Å². The summed E-state index contributed by atoms with van der Waals surface area (Å²) in [4.78, 5) is 0. The Hall–Kier alpha value is -2.16. The van der Waals surface area contributed by atoms with E-state index in [0.29, 0.717) is 6.61 Å². The predicted molar refractivity (Wildman–Crippen MR) is 78.8 cm³/mol. The summed E-state index contributed by atoms with van der Waals surface area (Å²) in [5.41, 5.74) is 1.10. The first-order chi connectivity index (χ1) is 12.3. The van der Waals surface area contributed by atoms with E-state index in [1.54, 1.807) is 0 Å². The molecule has 0 atom stereocenters. The van der Waals surface area contributed by atoms with E-state index in [2.05, 4.69) is 60.9 Å². The van der Waals surface area contributed by atoms with E-state index in [9.17, 15) is 0 Å². The zero-order chi connectivity index (χ0) is 20.9. The van der Waals surface area contributed by atoms with Crippen LogP contribution in [0.15, 0.2) is 30.3 Å². The summed E-state index contributed by atoms with van der Waals surface area (Å²) >= 11 is 2.94. The quantitative estimate of drug-likeness (QED) is 0.333. The van der Waals surface area contributed by atoms with Gasteiger partial charge in [-0.15, -0.1) is 0 Å². The number of ether oxygens (including phenoxy) is 1. The van der Waals surface area contributed by atoms with Crippen LogP contribution in [0.1, 0.15) is 25.3 Å². The first-order valence-electron chi connectivity index (χ1n) is 5.98. The molecule has 0 aliphatic carbocycles. The Labute approximate surface area is 156 Å². The van der Waals surface area contributed by atoms with Gasteiger partial charge in [-0.2, -0.15) is 0 Å². The van der Waals surface area contributed by atoms with E-state index in [-0.39, 0.29) is 0 Å². The molecule has 0 amide bonds. The van der Waals surface area contributed by atoms with Crippen molar-refractivity contribution >= 4 is 4.57 Å². The zero-order valence-electron chi connectivity index (χ0n) is 13.4. The van der Waals surface area contributed by atoms with E-state index in [1.165, 1.54) is 0 Å². The van der Waals surface area contributed by atoms with Crippen LogP contribution in [-0.4, -0.2) is 11.2 Å². The molecule has 6 nitrogen and oxygen atoms in total. The molecule has 1 aromatic rings. The Morgan fingerprint density at radius 3 is 1.76 bits per heavy atom. The van der Waals surface area contributed by atoms with Crippen LogP contribution >= 0.6 is 0 Å². The first kappa shape index (κ1) is 34.2. The average Bonchev–Trinajstić information content (AvgIpc) is 2.75. The summed E-state index contributed by atoms with van der Waals surface area (Å²) in [6, 6.07) is 10.0. The molecule has 0 saturated carbocycles. The molecule has 0 unspecified atom stereocenters. The summed E-state index contributed by atoms with van der Waals surface area (Å²) in [6.45, 7) is 25.1. The maximum absolute atomic E-state index is 7.50. The standard InChI is InChI=1S/C13H14O.5CO.Cr/c1-2-3-4-8-11-14-12-13-9-6-5-7-10-13;5*1-2;/h5-7,9-10H,4,8,11H2,1H3;;;;;;. The van der Waals surface area contributed by atoms with Crippen molar-refractivity contribution < 1.29 is 43.8 Å². The number of rotatable bonds is 5. The van der Waals surface area contributed by atoms with Gasteiger partial charge in [0.25, 0.3) is 0 Å². The minimum atomic E-state index is 0.714. The van der Waals surface area contributed by atoms with Gasteiger partial charge >= 0.3 is 156 Å². The fourth-order valence-electron chi connectivity index (χ4n) is 1.11. The van der Waals surface area contributed by atoms with Crippen molar-refractivity contribution in [3.63, 3.8) is 0 Å². The maximum atomic E-state index is 7.50. The molecule has 128 valence electrons. The summed E-state index contributed by atoms with van der Waals surface area (Å²) in [5.74, 6) is 5.88. The van der Waals surface area contributed by atoms with Crippen LogP contribution in [-0.2, 0) is 43.8 Å². The number of hydrogen-bond acceptors (Lipinski definition) is 1. The van der Waals surface area contributed by atoms with Crippen molar-refractivity contribution in [1.29, 1.82) is 0 Å². The molecule has 7 heteroatoms. The predicted octanol–water partition coefficient (Wildman–Crippen LogP) is 2.34. The molecule has 0 aliphatic rings. The second-order valence-corrected chi connectivity index (χ2v) is 3.61. The normalized spacial score (nSPS) is 5.88. The second kappa shape index (κ2) is 43.1. The van der Waals surface area contributed by atoms with Crippen molar-refractivity contribution in [3.8, 4) is 11.8 Å². The Bertz CT molecular complexity index is 524. The molecule has 0 radical (unpaired) electrons. The van der Waals surface area contributed by atoms with Gasteiger partial charge in [0, 0.05) is 0 Å². The molecule has 0 aliphatic heterocycles. The van der Waals surface area contributed by atoms with Crippen LogP contribution in [0, 0.1) is 45.1 Å². The first-order valence-corrected chi connectivity index (χ1v) is 6.62. The third-order valence-electron chi connectivity index (χ3n) is 1.87. The average molecular weight is 378 g/mol. The molecule has 0 aromatic heterocycles. The van der Waals surface area contributed by atoms with Gasteiger partial charge in [0.15, 0.2) is 0 Å². The van der Waals surface area contributed by atoms with Crippen molar-refractivity contribution in [3.05, 3.63) is 69.1 Å². The van der Waals surface area contributed by atoms with Gasteiger partial charge in [-0.25, -0.2) is 0 Å². The molecular weight excluding hydrogens is 364 g/mol. The van der Waals surface area contributed by atoms with Crippen LogP contribution in [0.3, 0.4) is 0 Å². The molecule has 0 spiro atoms. The van der Waals surface area contributed by atoms with Crippen LogP contribution in [0.25, 0.3) is 0 Å². The van der Waals surface area contributed by atoms with E-state index in [4.69, 9.17) is 28.0 Å². The Morgan fingerprint density at radius 2 is 1.36 bits per heavy atom. The zero-order valence-corrected chi connectivity index (χ0v) is 14.6. The SMILES string of the molecule is CC#CCCCO[C](=[Cr])c1ccccc1.[C-]#[O+].[C-]#[O+].[C-]#[O+].[C-]#[O+].[C-]#[O+]. The van der Waals surface area contributed by atoms with Gasteiger partial charge in [0.1, 0.15) is 0 Å². The van der Waals surface area contributed by atoms with Gasteiger partial charge < -0.3 is 0 Å². The van der Waals surface area contributed by atoms with E-state index in [1.807, 2.05) is 37.3 Å². The van der Waals surface area contributed by atoms with Gasteiger partial charge in [0.2, 0.25) is 0 Å². The van der Waals surface area contributed by atoms with Gasteiger partial charge in [-0.1, -0.05) is 0 Å². The summed E-state index contributed by atoms with van der Waals surface area (Å²) in [5, 5.41) is 0. The Morgan fingerprint density at radius 1 is 0.920 bits per heavy atom. The molecule has 1 aromatic carbocycles. The molecule has 1 rings (SSSR count). The van der Waals surface area contributed by atoms with Crippen molar-refractivity contribution in [2.24, 2.45) is 0 Å². The molecule has 0 heterocycles. The third-order valence-corrected chi connectivity index (χ3v) is 2.42. The molecular formula is C18H14CrO6. The molecule has 25 heavy (non-hydrogen) atoms. The molecule has 0 fully saturated rings. The Balaban J connectivity index is -0.000000114. The van der Waals surface area contributed by atoms with Gasteiger partial charge in [0.05, 0.1) is 0 Å². The van der Waals surface area contributed by atoms with E-state index >= 15 is 0 Å². The Kier molecular flexibility index (Phi) is 59.0. The summed E-state index contributed by atoms with van der Waals surface area (Å²) < 4.78 is 43.9. The second-order valence-electron chi connectivity index (χ2n) is 3.03. The number of benzene rings is 1. The number of hydrogen-bond donors (Lipinski definition) is 0. The fourth-order valence-corrected chi connectivity index (χ4v) is 1.45. The van der Waals surface area contributed by atoms with Crippen molar-refractivity contribution in [1.82, 2.24) is 0 Å². The molecule has 0 saturated heterocycles. The van der Waals surface area contributed by atoms with E-state index < -0.39 is 0 Å². The fraction of sp³-hybridized carbons (Fsp3) is 0.222. The molecule has 0 N–H and O–H groups in total. The topological polar surface area (TPSA) is 109 Å². The minimum absolute atomic E-state index is 0.714. The van der Waals surface area contributed by atoms with Crippen LogP contribution in [0.5, 0.6) is 0 Å². The van der Waals surface area contributed by atoms with Crippen LogP contribution in [0.2, 0.25) is 0 Å². The van der Waals surface area contributed by atoms with Crippen molar-refractivity contribution in [2.75, 3.05) is 6.61 Å². The van der Waals surface area contributed by atoms with E-state index in [0.717, 1.165) is 23.0 Å². The summed E-state index contributed by atoms with van der Waals surface area (Å²) in [7, 11) is 0. The van der Waals surface area contributed by atoms with Gasteiger partial charge in [-0.05, 0) is 0 Å². The van der Waals surface area contributed by atoms with Crippen LogP contribution in [0.4, 0.5) is 0 Å².